The van der Waals surface area contributed by atoms with Crippen LogP contribution in [0.25, 0.3) is 11.5 Å². The van der Waals surface area contributed by atoms with Crippen LogP contribution in [0.3, 0.4) is 0 Å². The number of carbonyl (C=O) groups excluding carboxylic acids is 1. The second-order valence-corrected chi connectivity index (χ2v) is 8.05. The largest absolute Gasteiger partial charge is 0.497 e. The number of nitrogens with zero attached hydrogens (tertiary/aromatic N) is 3. The monoisotopic (exact) mass is 419 g/mol. The summed E-state index contributed by atoms with van der Waals surface area (Å²) >= 11 is 0. The Balaban J connectivity index is 1.40. The highest BCUT2D eigenvalue weighted by Crippen LogP contribution is 2.37. The quantitative estimate of drug-likeness (QED) is 0.618. The molecule has 1 aromatic heterocycles. The smallest absolute Gasteiger partial charge is 0.261 e. The number of hydrogen-bond acceptors (Lipinski definition) is 6. The van der Waals surface area contributed by atoms with Crippen molar-refractivity contribution < 1.29 is 18.8 Å². The molecule has 7 nitrogen and oxygen atoms in total. The van der Waals surface area contributed by atoms with E-state index in [1.54, 1.807) is 20.3 Å². The normalized spacial score (nSPS) is 18.2. The fourth-order valence-corrected chi connectivity index (χ4v) is 4.61. The van der Waals surface area contributed by atoms with E-state index in [-0.39, 0.29) is 11.8 Å². The second-order valence-electron chi connectivity index (χ2n) is 8.05. The summed E-state index contributed by atoms with van der Waals surface area (Å²) in [7, 11) is 3.19. The molecular weight excluding hydrogens is 394 g/mol. The first kappa shape index (κ1) is 19.6. The van der Waals surface area contributed by atoms with Crippen molar-refractivity contribution in [3.8, 4) is 23.0 Å². The summed E-state index contributed by atoms with van der Waals surface area (Å²) in [5, 5.41) is 4.19. The van der Waals surface area contributed by atoms with E-state index in [0.717, 1.165) is 18.5 Å². The molecule has 1 atom stereocenters. The minimum atomic E-state index is -0.103. The van der Waals surface area contributed by atoms with Crippen LogP contribution in [0.2, 0.25) is 0 Å². The number of rotatable bonds is 5. The van der Waals surface area contributed by atoms with E-state index in [4.69, 9.17) is 14.0 Å². The van der Waals surface area contributed by atoms with E-state index in [0.29, 0.717) is 41.7 Å². The van der Waals surface area contributed by atoms with Gasteiger partial charge in [0.1, 0.15) is 11.5 Å². The van der Waals surface area contributed by atoms with E-state index in [2.05, 4.69) is 28.3 Å². The first-order chi connectivity index (χ1) is 15.2. The number of amides is 1. The van der Waals surface area contributed by atoms with E-state index in [9.17, 15) is 4.79 Å². The van der Waals surface area contributed by atoms with Gasteiger partial charge in [0.05, 0.1) is 19.8 Å². The summed E-state index contributed by atoms with van der Waals surface area (Å²) in [6.45, 7) is 0.563. The van der Waals surface area contributed by atoms with Gasteiger partial charge in [0.25, 0.3) is 5.89 Å². The lowest BCUT2D eigenvalue weighted by molar-refractivity contribution is -0.117. The fourth-order valence-electron chi connectivity index (χ4n) is 4.61. The lowest BCUT2D eigenvalue weighted by atomic mass is 9.90. The van der Waals surface area contributed by atoms with Crippen LogP contribution >= 0.6 is 0 Å². The number of fused-ring (bicyclic) bond motifs is 1. The highest BCUT2D eigenvalue weighted by molar-refractivity contribution is 5.97. The zero-order valence-corrected chi connectivity index (χ0v) is 17.8. The molecule has 2 heterocycles. The number of aromatic nitrogens is 2. The number of hydrogen-bond donors (Lipinski definition) is 0. The molecule has 1 aliphatic carbocycles. The summed E-state index contributed by atoms with van der Waals surface area (Å²) in [5.41, 5.74) is 4.43. The topological polar surface area (TPSA) is 77.7 Å². The summed E-state index contributed by atoms with van der Waals surface area (Å²) in [4.78, 5) is 19.4. The van der Waals surface area contributed by atoms with Gasteiger partial charge < -0.3 is 18.9 Å². The molecule has 7 heteroatoms. The molecule has 0 N–H and O–H groups in total. The molecular formula is C24H25N3O4. The number of carbonyl (C=O) groups is 1. The SMILES string of the molecule is COc1ccc(-c2nc(C3CC(=O)N(c4cccc5c4CCCC5)C3)no2)c(OC)c1. The van der Waals surface area contributed by atoms with Crippen LogP contribution < -0.4 is 14.4 Å². The van der Waals surface area contributed by atoms with Crippen LogP contribution in [-0.4, -0.2) is 36.8 Å². The Bertz CT molecular complexity index is 1120. The van der Waals surface area contributed by atoms with Crippen LogP contribution in [0.4, 0.5) is 5.69 Å². The number of aryl methyl sites for hydroxylation is 1. The highest BCUT2D eigenvalue weighted by Gasteiger charge is 2.36. The van der Waals surface area contributed by atoms with Crippen molar-refractivity contribution in [2.24, 2.45) is 0 Å². The van der Waals surface area contributed by atoms with Gasteiger partial charge in [-0.05, 0) is 55.0 Å². The zero-order valence-electron chi connectivity index (χ0n) is 17.8. The van der Waals surface area contributed by atoms with Gasteiger partial charge >= 0.3 is 0 Å². The molecule has 31 heavy (non-hydrogen) atoms. The van der Waals surface area contributed by atoms with E-state index in [1.807, 2.05) is 17.0 Å². The molecule has 2 aliphatic rings. The van der Waals surface area contributed by atoms with Crippen molar-refractivity contribution in [2.45, 2.75) is 38.0 Å². The molecule has 1 aliphatic heterocycles. The summed E-state index contributed by atoms with van der Waals surface area (Å²) in [5.74, 6) is 2.20. The average molecular weight is 419 g/mol. The van der Waals surface area contributed by atoms with E-state index < -0.39 is 0 Å². The Morgan fingerprint density at radius 3 is 2.81 bits per heavy atom. The number of benzene rings is 2. The van der Waals surface area contributed by atoms with Gasteiger partial charge in [-0.15, -0.1) is 0 Å². The predicted molar refractivity (Wildman–Crippen MR) is 116 cm³/mol. The Morgan fingerprint density at radius 1 is 1.10 bits per heavy atom. The third-order valence-electron chi connectivity index (χ3n) is 6.23. The molecule has 1 amide bonds. The summed E-state index contributed by atoms with van der Waals surface area (Å²) < 4.78 is 16.2. The van der Waals surface area contributed by atoms with Crippen molar-refractivity contribution in [3.05, 3.63) is 53.3 Å². The first-order valence-corrected chi connectivity index (χ1v) is 10.6. The molecule has 1 saturated heterocycles. The molecule has 1 fully saturated rings. The zero-order chi connectivity index (χ0) is 21.4. The second kappa shape index (κ2) is 8.06. The molecule has 0 spiro atoms. The van der Waals surface area contributed by atoms with Gasteiger partial charge in [0, 0.05) is 30.6 Å². The first-order valence-electron chi connectivity index (χ1n) is 10.6. The minimum absolute atomic E-state index is 0.103. The molecule has 0 radical (unpaired) electrons. The fraction of sp³-hybridized carbons (Fsp3) is 0.375. The Morgan fingerprint density at radius 2 is 1.97 bits per heavy atom. The van der Waals surface area contributed by atoms with Crippen LogP contribution in [0.15, 0.2) is 40.9 Å². The van der Waals surface area contributed by atoms with Gasteiger partial charge in [-0.3, -0.25) is 4.79 Å². The van der Waals surface area contributed by atoms with Crippen LogP contribution in [0.5, 0.6) is 11.5 Å². The van der Waals surface area contributed by atoms with Gasteiger partial charge in [0.15, 0.2) is 5.82 Å². The third kappa shape index (κ3) is 3.54. The molecule has 160 valence electrons. The van der Waals surface area contributed by atoms with Crippen LogP contribution in [-0.2, 0) is 17.6 Å². The highest BCUT2D eigenvalue weighted by atomic mass is 16.5. The van der Waals surface area contributed by atoms with Crippen molar-refractivity contribution >= 4 is 11.6 Å². The maximum Gasteiger partial charge on any atom is 0.261 e. The number of methoxy groups -OCH3 is 2. The van der Waals surface area contributed by atoms with E-state index >= 15 is 0 Å². The molecule has 3 aromatic rings. The lowest BCUT2D eigenvalue weighted by Crippen LogP contribution is -2.26. The maximum absolute atomic E-state index is 12.9. The third-order valence-corrected chi connectivity index (χ3v) is 6.23. The van der Waals surface area contributed by atoms with Crippen molar-refractivity contribution in [1.82, 2.24) is 10.1 Å². The van der Waals surface area contributed by atoms with Gasteiger partial charge in [0.2, 0.25) is 5.91 Å². The van der Waals surface area contributed by atoms with Crippen molar-refractivity contribution in [3.63, 3.8) is 0 Å². The average Bonchev–Trinajstić information content (AvgIpc) is 3.45. The predicted octanol–water partition coefficient (Wildman–Crippen LogP) is 4.15. The van der Waals surface area contributed by atoms with Crippen molar-refractivity contribution in [2.75, 3.05) is 25.7 Å². The Kier molecular flexibility index (Phi) is 5.10. The molecule has 5 rings (SSSR count). The van der Waals surface area contributed by atoms with Crippen LogP contribution in [0, 0.1) is 0 Å². The summed E-state index contributed by atoms with van der Waals surface area (Å²) in [6.07, 6.45) is 4.89. The lowest BCUT2D eigenvalue weighted by Gasteiger charge is -2.25. The molecule has 0 bridgehead atoms. The van der Waals surface area contributed by atoms with Gasteiger partial charge in [-0.25, -0.2) is 0 Å². The van der Waals surface area contributed by atoms with Crippen molar-refractivity contribution in [1.29, 1.82) is 0 Å². The number of anilines is 1. The van der Waals surface area contributed by atoms with Crippen LogP contribution in [0.1, 0.15) is 42.1 Å². The van der Waals surface area contributed by atoms with Gasteiger partial charge in [-0.2, -0.15) is 4.98 Å². The standard InChI is InChI=1S/C24H25N3O4/c1-29-17-10-11-19(21(13-17)30-2)24-25-23(26-31-24)16-12-22(28)27(14-16)20-9-5-7-15-6-3-4-8-18(15)20/h5,7,9-11,13,16H,3-4,6,8,12,14H2,1-2H3. The maximum atomic E-state index is 12.9. The van der Waals surface area contributed by atoms with Gasteiger partial charge in [-0.1, -0.05) is 17.3 Å². The molecule has 2 aromatic carbocycles. The van der Waals surface area contributed by atoms with E-state index in [1.165, 1.54) is 24.0 Å². The molecule has 0 saturated carbocycles. The Labute approximate surface area is 181 Å². The minimum Gasteiger partial charge on any atom is -0.497 e. The number of ether oxygens (including phenoxy) is 2. The molecule has 1 unspecified atom stereocenters. The Hall–Kier alpha value is -3.35. The summed E-state index contributed by atoms with van der Waals surface area (Å²) in [6, 6.07) is 11.7.